The van der Waals surface area contributed by atoms with Gasteiger partial charge in [0.25, 0.3) is 5.91 Å². The Kier molecular flexibility index (Phi) is 5.12. The van der Waals surface area contributed by atoms with Crippen LogP contribution in [-0.4, -0.2) is 59.7 Å². The fourth-order valence-electron chi connectivity index (χ4n) is 3.39. The zero-order chi connectivity index (χ0) is 18.0. The lowest BCUT2D eigenvalue weighted by Crippen LogP contribution is -2.50. The van der Waals surface area contributed by atoms with Gasteiger partial charge in [-0.25, -0.2) is 9.67 Å². The van der Waals surface area contributed by atoms with Gasteiger partial charge >= 0.3 is 0 Å². The van der Waals surface area contributed by atoms with Gasteiger partial charge in [-0.1, -0.05) is 6.92 Å². The Morgan fingerprint density at radius 3 is 2.88 bits per heavy atom. The maximum atomic E-state index is 12.4. The van der Waals surface area contributed by atoms with Crippen molar-refractivity contribution < 1.29 is 4.79 Å². The number of amides is 1. The molecular weight excluding hydrogens is 320 g/mol. The third-order valence-electron chi connectivity index (χ3n) is 5.06. The third kappa shape index (κ3) is 3.71. The van der Waals surface area contributed by atoms with Crippen LogP contribution in [0.3, 0.4) is 0 Å². The summed E-state index contributed by atoms with van der Waals surface area (Å²) in [7, 11) is 1.86. The highest BCUT2D eigenvalue weighted by molar-refractivity contribution is 5.92. The van der Waals surface area contributed by atoms with E-state index in [1.807, 2.05) is 18.5 Å². The van der Waals surface area contributed by atoms with Crippen LogP contribution in [0.25, 0.3) is 0 Å². The average Bonchev–Trinajstić information content (AvgIpc) is 3.24. The second-order valence-corrected chi connectivity index (χ2v) is 6.77. The van der Waals surface area contributed by atoms with Gasteiger partial charge in [-0.3, -0.25) is 9.69 Å². The number of rotatable bonds is 5. The minimum Gasteiger partial charge on any atom is -0.348 e. The summed E-state index contributed by atoms with van der Waals surface area (Å²) in [5.41, 5.74) is 0.481. The number of aryl methyl sites for hydroxylation is 2. The quantitative estimate of drug-likeness (QED) is 0.853. The van der Waals surface area contributed by atoms with E-state index in [-0.39, 0.29) is 18.0 Å². The molecule has 0 spiro atoms. The van der Waals surface area contributed by atoms with Crippen LogP contribution in [0.15, 0.2) is 12.5 Å². The number of nitrogens with zero attached hydrogens (tertiary/aromatic N) is 7. The molecule has 0 aromatic carbocycles. The summed E-state index contributed by atoms with van der Waals surface area (Å²) in [6.45, 7) is 8.91. The number of hydrogen-bond acceptors (Lipinski definition) is 6. The summed E-state index contributed by atoms with van der Waals surface area (Å²) in [5, 5.41) is 14.9. The maximum absolute atomic E-state index is 12.4. The van der Waals surface area contributed by atoms with Crippen LogP contribution in [0.1, 0.15) is 49.5 Å². The van der Waals surface area contributed by atoms with E-state index in [0.717, 1.165) is 31.9 Å². The standard InChI is InChI=1S/C16H26N8O/c1-5-23-9-14(17-10-23)16(25)18-13-6-7-24(8-11(13)2)12(3)15-19-20-21-22(15)4/h9-13H,5-8H2,1-4H3,(H,18,25). The predicted molar refractivity (Wildman–Crippen MR) is 91.7 cm³/mol. The van der Waals surface area contributed by atoms with Gasteiger partial charge in [0.2, 0.25) is 0 Å². The highest BCUT2D eigenvalue weighted by atomic mass is 16.2. The fourth-order valence-corrected chi connectivity index (χ4v) is 3.39. The van der Waals surface area contributed by atoms with Crippen LogP contribution < -0.4 is 5.32 Å². The van der Waals surface area contributed by atoms with E-state index < -0.39 is 0 Å². The Balaban J connectivity index is 1.58. The second kappa shape index (κ2) is 7.30. The van der Waals surface area contributed by atoms with Crippen molar-refractivity contribution in [2.45, 2.75) is 45.8 Å². The van der Waals surface area contributed by atoms with E-state index in [9.17, 15) is 4.79 Å². The highest BCUT2D eigenvalue weighted by Gasteiger charge is 2.31. The molecule has 2 aromatic heterocycles. The highest BCUT2D eigenvalue weighted by Crippen LogP contribution is 2.25. The molecule has 3 atom stereocenters. The second-order valence-electron chi connectivity index (χ2n) is 6.77. The molecule has 1 saturated heterocycles. The lowest BCUT2D eigenvalue weighted by atomic mass is 9.92. The van der Waals surface area contributed by atoms with Gasteiger partial charge in [0.05, 0.1) is 12.4 Å². The normalized spacial score (nSPS) is 22.7. The average molecular weight is 346 g/mol. The van der Waals surface area contributed by atoms with Gasteiger partial charge in [0.15, 0.2) is 5.82 Å². The fraction of sp³-hybridized carbons (Fsp3) is 0.688. The monoisotopic (exact) mass is 346 g/mol. The zero-order valence-electron chi connectivity index (χ0n) is 15.3. The molecule has 3 unspecified atom stereocenters. The molecule has 2 aromatic rings. The number of carbonyl (C=O) groups excluding carboxylic acids is 1. The Labute approximate surface area is 147 Å². The van der Waals surface area contributed by atoms with Crippen LogP contribution in [0, 0.1) is 5.92 Å². The lowest BCUT2D eigenvalue weighted by Gasteiger charge is -2.39. The number of likely N-dealkylation sites (tertiary alicyclic amines) is 1. The summed E-state index contributed by atoms with van der Waals surface area (Å²) in [5.74, 6) is 1.11. The van der Waals surface area contributed by atoms with Crippen molar-refractivity contribution in [3.05, 3.63) is 24.0 Å². The first-order valence-corrected chi connectivity index (χ1v) is 8.78. The number of nitrogens with one attached hydrogen (secondary N) is 1. The smallest absolute Gasteiger partial charge is 0.271 e. The van der Waals surface area contributed by atoms with E-state index in [0.29, 0.717) is 11.6 Å². The number of carbonyl (C=O) groups is 1. The molecular formula is C16H26N8O. The lowest BCUT2D eigenvalue weighted by molar-refractivity contribution is 0.0799. The van der Waals surface area contributed by atoms with Crippen molar-refractivity contribution in [3.63, 3.8) is 0 Å². The minimum absolute atomic E-state index is 0.0944. The summed E-state index contributed by atoms with van der Waals surface area (Å²) >= 11 is 0. The number of hydrogen-bond donors (Lipinski definition) is 1. The SMILES string of the molecule is CCn1cnc(C(=O)NC2CCN(C(C)c3nnnn3C)CC2C)c1. The van der Waals surface area contributed by atoms with E-state index in [4.69, 9.17) is 0 Å². The van der Waals surface area contributed by atoms with Crippen molar-refractivity contribution in [1.82, 2.24) is 40.0 Å². The zero-order valence-corrected chi connectivity index (χ0v) is 15.3. The predicted octanol–water partition coefficient (Wildman–Crippen LogP) is 0.628. The Bertz CT molecular complexity index is 723. The van der Waals surface area contributed by atoms with Crippen molar-refractivity contribution in [3.8, 4) is 0 Å². The topological polar surface area (TPSA) is 93.8 Å². The van der Waals surface area contributed by atoms with Crippen molar-refractivity contribution in [2.24, 2.45) is 13.0 Å². The Morgan fingerprint density at radius 1 is 1.48 bits per heavy atom. The first-order valence-electron chi connectivity index (χ1n) is 8.78. The first-order chi connectivity index (χ1) is 12.0. The molecule has 3 heterocycles. The molecule has 0 bridgehead atoms. The van der Waals surface area contributed by atoms with Crippen molar-refractivity contribution in [2.75, 3.05) is 13.1 Å². The van der Waals surface area contributed by atoms with Crippen LogP contribution in [0.5, 0.6) is 0 Å². The Morgan fingerprint density at radius 2 is 2.28 bits per heavy atom. The van der Waals surface area contributed by atoms with Crippen LogP contribution in [0.2, 0.25) is 0 Å². The molecule has 0 radical (unpaired) electrons. The molecule has 1 fully saturated rings. The van der Waals surface area contributed by atoms with Gasteiger partial charge in [-0.05, 0) is 36.6 Å². The molecule has 1 aliphatic rings. The summed E-state index contributed by atoms with van der Waals surface area (Å²) in [6.07, 6.45) is 4.38. The van der Waals surface area contributed by atoms with E-state index in [1.165, 1.54) is 0 Å². The van der Waals surface area contributed by atoms with Gasteiger partial charge < -0.3 is 9.88 Å². The molecule has 136 valence electrons. The maximum Gasteiger partial charge on any atom is 0.271 e. The molecule has 1 aliphatic heterocycles. The van der Waals surface area contributed by atoms with Crippen LogP contribution >= 0.6 is 0 Å². The summed E-state index contributed by atoms with van der Waals surface area (Å²) < 4.78 is 3.62. The summed E-state index contributed by atoms with van der Waals surface area (Å²) in [4.78, 5) is 18.9. The Hall–Kier alpha value is -2.29. The van der Waals surface area contributed by atoms with Gasteiger partial charge in [0.1, 0.15) is 5.69 Å². The molecule has 0 aliphatic carbocycles. The van der Waals surface area contributed by atoms with E-state index in [1.54, 1.807) is 17.2 Å². The largest absolute Gasteiger partial charge is 0.348 e. The minimum atomic E-state index is -0.0944. The van der Waals surface area contributed by atoms with Crippen molar-refractivity contribution in [1.29, 1.82) is 0 Å². The van der Waals surface area contributed by atoms with Crippen LogP contribution in [0.4, 0.5) is 0 Å². The molecule has 3 rings (SSSR count). The van der Waals surface area contributed by atoms with Gasteiger partial charge in [0, 0.05) is 38.9 Å². The van der Waals surface area contributed by atoms with Crippen molar-refractivity contribution >= 4 is 5.91 Å². The molecule has 0 saturated carbocycles. The number of imidazole rings is 1. The van der Waals surface area contributed by atoms with Gasteiger partial charge in [-0.15, -0.1) is 5.10 Å². The molecule has 9 heteroatoms. The number of piperidine rings is 1. The third-order valence-corrected chi connectivity index (χ3v) is 5.06. The molecule has 1 amide bonds. The first kappa shape index (κ1) is 17.5. The van der Waals surface area contributed by atoms with E-state index >= 15 is 0 Å². The molecule has 25 heavy (non-hydrogen) atoms. The molecule has 9 nitrogen and oxygen atoms in total. The number of aromatic nitrogens is 6. The van der Waals surface area contributed by atoms with Crippen LogP contribution in [-0.2, 0) is 13.6 Å². The number of tetrazole rings is 1. The van der Waals surface area contributed by atoms with Gasteiger partial charge in [-0.2, -0.15) is 0 Å². The molecule has 1 N–H and O–H groups in total. The summed E-state index contributed by atoms with van der Waals surface area (Å²) in [6, 6.07) is 0.305. The van der Waals surface area contributed by atoms with E-state index in [2.05, 4.69) is 44.6 Å².